The van der Waals surface area contributed by atoms with Crippen LogP contribution in [0, 0.1) is 5.41 Å². The van der Waals surface area contributed by atoms with E-state index in [1.165, 1.54) is 0 Å². The molecule has 0 radical (unpaired) electrons. The first-order valence-corrected chi connectivity index (χ1v) is 9.90. The maximum Gasteiger partial charge on any atom is 0.191 e. The molecule has 7 nitrogen and oxygen atoms in total. The lowest BCUT2D eigenvalue weighted by Gasteiger charge is -2.30. The Morgan fingerprint density at radius 3 is 2.29 bits per heavy atom. The van der Waals surface area contributed by atoms with Crippen LogP contribution >= 0.6 is 24.0 Å². The minimum absolute atomic E-state index is 0. The summed E-state index contributed by atoms with van der Waals surface area (Å²) < 4.78 is 28.3. The van der Waals surface area contributed by atoms with Crippen LogP contribution in [-0.2, 0) is 14.6 Å². The fourth-order valence-electron chi connectivity index (χ4n) is 2.46. The molecule has 1 aliphatic heterocycles. The van der Waals surface area contributed by atoms with Crippen molar-refractivity contribution in [3.63, 3.8) is 0 Å². The molecule has 1 saturated heterocycles. The molecule has 1 atom stereocenters. The van der Waals surface area contributed by atoms with Crippen molar-refractivity contribution in [1.29, 1.82) is 0 Å². The number of nitrogens with one attached hydrogen (secondary N) is 2. The van der Waals surface area contributed by atoms with E-state index in [2.05, 4.69) is 41.3 Å². The molecule has 1 rings (SSSR count). The van der Waals surface area contributed by atoms with E-state index in [1.54, 1.807) is 14.2 Å². The summed E-state index contributed by atoms with van der Waals surface area (Å²) in [7, 11) is 0.649. The zero-order valence-electron chi connectivity index (χ0n) is 15.5. The van der Waals surface area contributed by atoms with Gasteiger partial charge in [0.1, 0.15) is 0 Å². The van der Waals surface area contributed by atoms with Gasteiger partial charge >= 0.3 is 0 Å². The number of rotatable bonds is 6. The van der Waals surface area contributed by atoms with Crippen molar-refractivity contribution in [3.8, 4) is 0 Å². The maximum atomic E-state index is 11.4. The number of halogens is 1. The number of methoxy groups -OCH3 is 1. The van der Waals surface area contributed by atoms with Crippen LogP contribution in [0.4, 0.5) is 0 Å². The van der Waals surface area contributed by atoms with Gasteiger partial charge in [-0.1, -0.05) is 20.8 Å². The lowest BCUT2D eigenvalue weighted by atomic mass is 9.89. The number of aliphatic imine (C=N–C) groups is 1. The monoisotopic (exact) mass is 476 g/mol. The van der Waals surface area contributed by atoms with Crippen LogP contribution in [-0.4, -0.2) is 83.8 Å². The highest BCUT2D eigenvalue weighted by Gasteiger charge is 2.24. The minimum atomic E-state index is -2.81. The van der Waals surface area contributed by atoms with E-state index >= 15 is 0 Å². The molecule has 144 valence electrons. The summed E-state index contributed by atoms with van der Waals surface area (Å²) in [6.45, 7) is 9.88. The van der Waals surface area contributed by atoms with E-state index in [0.29, 0.717) is 19.6 Å². The summed E-state index contributed by atoms with van der Waals surface area (Å²) in [5, 5.41) is 6.54. The van der Waals surface area contributed by atoms with Gasteiger partial charge in [-0.25, -0.2) is 8.42 Å². The molecular formula is C15H33IN4O3S. The maximum absolute atomic E-state index is 11.4. The molecule has 0 aliphatic carbocycles. The van der Waals surface area contributed by atoms with Gasteiger partial charge in [0, 0.05) is 46.9 Å². The van der Waals surface area contributed by atoms with Crippen LogP contribution in [0.1, 0.15) is 20.8 Å². The Balaban J connectivity index is 0.00000529. The molecule has 1 fully saturated rings. The lowest BCUT2D eigenvalue weighted by Crippen LogP contribution is -2.48. The molecule has 0 bridgehead atoms. The average molecular weight is 476 g/mol. The van der Waals surface area contributed by atoms with Gasteiger partial charge < -0.3 is 15.4 Å². The van der Waals surface area contributed by atoms with Crippen LogP contribution in [0.3, 0.4) is 0 Å². The third-order valence-electron chi connectivity index (χ3n) is 4.09. The normalized spacial score (nSPS) is 20.1. The number of nitrogens with zero attached hydrogens (tertiary/aromatic N) is 2. The largest absolute Gasteiger partial charge is 0.379 e. The summed E-state index contributed by atoms with van der Waals surface area (Å²) in [5.41, 5.74) is 0.0555. The fraction of sp³-hybridized carbons (Fsp3) is 0.933. The number of guanidine groups is 1. The predicted molar refractivity (Wildman–Crippen MR) is 110 cm³/mol. The Morgan fingerprint density at radius 1 is 1.25 bits per heavy atom. The molecule has 0 aromatic heterocycles. The van der Waals surface area contributed by atoms with Gasteiger partial charge in [0.2, 0.25) is 0 Å². The summed E-state index contributed by atoms with van der Waals surface area (Å²) in [6, 6.07) is 0. The van der Waals surface area contributed by atoms with E-state index in [9.17, 15) is 8.42 Å². The molecule has 0 amide bonds. The third kappa shape index (κ3) is 8.82. The van der Waals surface area contributed by atoms with Crippen molar-refractivity contribution in [2.45, 2.75) is 26.9 Å². The van der Waals surface area contributed by atoms with Crippen LogP contribution in [0.15, 0.2) is 4.99 Å². The summed E-state index contributed by atoms with van der Waals surface area (Å²) in [4.78, 5) is 6.37. The topological polar surface area (TPSA) is 83.0 Å². The molecule has 24 heavy (non-hydrogen) atoms. The smallest absolute Gasteiger partial charge is 0.191 e. The van der Waals surface area contributed by atoms with E-state index in [4.69, 9.17) is 4.74 Å². The standard InChI is InChI=1S/C15H32N4O3S.HI/c1-15(2,3)13(22-5)12-18-14(16-4)17-6-7-19-8-10-23(20,21)11-9-19;/h13H,6-12H2,1-5H3,(H2,16,17,18);1H. The van der Waals surface area contributed by atoms with E-state index in [1.807, 2.05) is 0 Å². The summed E-state index contributed by atoms with van der Waals surface area (Å²) >= 11 is 0. The molecule has 1 heterocycles. The second kappa shape index (κ2) is 10.8. The Bertz CT molecular complexity index is 477. The van der Waals surface area contributed by atoms with Crippen LogP contribution in [0.2, 0.25) is 0 Å². The Hall–Kier alpha value is -0.130. The molecular weight excluding hydrogens is 443 g/mol. The highest BCUT2D eigenvalue weighted by atomic mass is 127. The van der Waals surface area contributed by atoms with Crippen molar-refractivity contribution in [2.75, 3.05) is 58.4 Å². The first kappa shape index (κ1) is 23.9. The zero-order valence-corrected chi connectivity index (χ0v) is 18.6. The Morgan fingerprint density at radius 2 is 1.83 bits per heavy atom. The number of hydrogen-bond donors (Lipinski definition) is 2. The van der Waals surface area contributed by atoms with Crippen LogP contribution in [0.25, 0.3) is 0 Å². The molecule has 0 saturated carbocycles. The molecule has 0 spiro atoms. The summed E-state index contributed by atoms with van der Waals surface area (Å²) in [5.74, 6) is 1.27. The Labute approximate surface area is 163 Å². The highest BCUT2D eigenvalue weighted by Crippen LogP contribution is 2.20. The van der Waals surface area contributed by atoms with Gasteiger partial charge in [0.25, 0.3) is 0 Å². The zero-order chi connectivity index (χ0) is 17.5. The third-order valence-corrected chi connectivity index (χ3v) is 5.70. The second-order valence-corrected chi connectivity index (χ2v) is 9.27. The SMILES string of the molecule is CN=C(NCCN1CCS(=O)(=O)CC1)NCC(OC)C(C)(C)C.I. The van der Waals surface area contributed by atoms with E-state index in [0.717, 1.165) is 19.0 Å². The first-order chi connectivity index (χ1) is 10.7. The molecule has 0 aromatic rings. The van der Waals surface area contributed by atoms with Gasteiger partial charge in [0.05, 0.1) is 17.6 Å². The van der Waals surface area contributed by atoms with Gasteiger partial charge in [0.15, 0.2) is 15.8 Å². The molecule has 1 unspecified atom stereocenters. The molecule has 1 aliphatic rings. The lowest BCUT2D eigenvalue weighted by molar-refractivity contribution is 0.0205. The number of sulfone groups is 1. The minimum Gasteiger partial charge on any atom is -0.379 e. The van der Waals surface area contributed by atoms with Crippen molar-refractivity contribution >= 4 is 39.8 Å². The molecule has 9 heteroatoms. The van der Waals surface area contributed by atoms with Gasteiger partial charge in [-0.2, -0.15) is 0 Å². The van der Waals surface area contributed by atoms with Crippen molar-refractivity contribution in [2.24, 2.45) is 10.4 Å². The van der Waals surface area contributed by atoms with Crippen LogP contribution in [0.5, 0.6) is 0 Å². The average Bonchev–Trinajstić information content (AvgIpc) is 2.46. The second-order valence-electron chi connectivity index (χ2n) is 6.96. The van der Waals surface area contributed by atoms with Crippen molar-refractivity contribution < 1.29 is 13.2 Å². The Kier molecular flexibility index (Phi) is 10.7. The van der Waals surface area contributed by atoms with E-state index in [-0.39, 0.29) is 47.0 Å². The number of hydrogen-bond acceptors (Lipinski definition) is 5. The molecule has 0 aromatic carbocycles. The van der Waals surface area contributed by atoms with Gasteiger partial charge in [-0.15, -0.1) is 24.0 Å². The molecule has 2 N–H and O–H groups in total. The van der Waals surface area contributed by atoms with Crippen LogP contribution < -0.4 is 10.6 Å². The number of ether oxygens (including phenoxy) is 1. The first-order valence-electron chi connectivity index (χ1n) is 8.08. The van der Waals surface area contributed by atoms with Crippen molar-refractivity contribution in [3.05, 3.63) is 0 Å². The fourth-order valence-corrected chi connectivity index (χ4v) is 3.74. The van der Waals surface area contributed by atoms with Gasteiger partial charge in [-0.3, -0.25) is 9.89 Å². The van der Waals surface area contributed by atoms with Gasteiger partial charge in [-0.05, 0) is 5.41 Å². The highest BCUT2D eigenvalue weighted by molar-refractivity contribution is 14.0. The summed E-state index contributed by atoms with van der Waals surface area (Å²) in [6.07, 6.45) is 0.0911. The van der Waals surface area contributed by atoms with Crippen molar-refractivity contribution in [1.82, 2.24) is 15.5 Å². The van der Waals surface area contributed by atoms with E-state index < -0.39 is 9.84 Å². The quantitative estimate of drug-likeness (QED) is 0.331. The predicted octanol–water partition coefficient (Wildman–Crippen LogP) is 0.561.